The van der Waals surface area contributed by atoms with Crippen LogP contribution in [0.1, 0.15) is 167 Å². The monoisotopic (exact) mass is 999 g/mol. The number of halogens is 2. The van der Waals surface area contributed by atoms with Crippen LogP contribution in [0.5, 0.6) is 0 Å². The van der Waals surface area contributed by atoms with Gasteiger partial charge in [-0.1, -0.05) is 109 Å². The van der Waals surface area contributed by atoms with Crippen molar-refractivity contribution in [2.45, 2.75) is 246 Å². The lowest BCUT2D eigenvalue weighted by atomic mass is 9.92. The molecule has 13 nitrogen and oxygen atoms in total. The summed E-state index contributed by atoms with van der Waals surface area (Å²) in [5.41, 5.74) is 1.10. The highest BCUT2D eigenvalue weighted by Crippen LogP contribution is 2.33. The van der Waals surface area contributed by atoms with Crippen LogP contribution in [0.4, 0.5) is 8.78 Å². The second-order valence-corrected chi connectivity index (χ2v) is 22.1. The van der Waals surface area contributed by atoms with Gasteiger partial charge >= 0.3 is 0 Å². The molecule has 0 amide bonds. The molecule has 6 aliphatic rings. The minimum absolute atomic E-state index is 0.0530. The molecule has 4 aliphatic heterocycles. The van der Waals surface area contributed by atoms with Crippen LogP contribution in [0, 0.1) is 0 Å². The Morgan fingerprint density at radius 1 is 0.614 bits per heavy atom. The first-order valence-corrected chi connectivity index (χ1v) is 27.9. The second kappa shape index (κ2) is 40.9. The average Bonchev–Trinajstić information content (AvgIpc) is 4.00. The summed E-state index contributed by atoms with van der Waals surface area (Å²) < 4.78 is 41.1. The topological polar surface area (TPSA) is 140 Å². The summed E-state index contributed by atoms with van der Waals surface area (Å²) in [5.74, 6) is -2.39. The molecule has 8 N–H and O–H groups in total. The molecule has 414 valence electrons. The van der Waals surface area contributed by atoms with E-state index >= 15 is 0 Å². The summed E-state index contributed by atoms with van der Waals surface area (Å²) in [4.78, 5) is 6.63. The Morgan fingerprint density at radius 3 is 1.57 bits per heavy atom. The summed E-state index contributed by atoms with van der Waals surface area (Å²) >= 11 is 0. The van der Waals surface area contributed by atoms with Crippen molar-refractivity contribution in [3.05, 3.63) is 30.1 Å². The van der Waals surface area contributed by atoms with Crippen molar-refractivity contribution in [3.8, 4) is 0 Å². The Balaban J connectivity index is 0.000000410. The van der Waals surface area contributed by atoms with E-state index in [0.717, 1.165) is 96.6 Å². The van der Waals surface area contributed by atoms with Gasteiger partial charge in [0.1, 0.15) is 0 Å². The number of nitrogens with zero attached hydrogens (tertiary/aromatic N) is 2. The van der Waals surface area contributed by atoms with Gasteiger partial charge in [0.05, 0.1) is 44.3 Å². The fraction of sp³-hybridized carbons (Fsp3) is 0.909. The molecule has 1 aromatic rings. The minimum Gasteiger partial charge on any atom is -0.379 e. The highest BCUT2D eigenvalue weighted by atomic mass is 19.3. The number of rotatable bonds is 18. The van der Waals surface area contributed by atoms with Gasteiger partial charge in [0.2, 0.25) is 5.92 Å². The van der Waals surface area contributed by atoms with E-state index in [-0.39, 0.29) is 12.8 Å². The largest absolute Gasteiger partial charge is 0.379 e. The summed E-state index contributed by atoms with van der Waals surface area (Å²) in [7, 11) is 0. The smallest absolute Gasteiger partial charge is 0.248 e. The molecule has 0 spiro atoms. The zero-order valence-electron chi connectivity index (χ0n) is 47.4. The first-order valence-electron chi connectivity index (χ1n) is 27.9. The normalized spacial score (nSPS) is 21.5. The number of pyridine rings is 1. The molecule has 15 heteroatoms. The van der Waals surface area contributed by atoms with Crippen molar-refractivity contribution < 1.29 is 23.0 Å². The van der Waals surface area contributed by atoms with Crippen LogP contribution >= 0.6 is 0 Å². The lowest BCUT2D eigenvalue weighted by Gasteiger charge is -2.30. The quantitative estimate of drug-likeness (QED) is 0.0725. The maximum Gasteiger partial charge on any atom is 0.248 e. The van der Waals surface area contributed by atoms with Crippen molar-refractivity contribution >= 4 is 0 Å². The van der Waals surface area contributed by atoms with Crippen LogP contribution in [0.15, 0.2) is 24.4 Å². The average molecular weight is 1000 g/mol. The summed E-state index contributed by atoms with van der Waals surface area (Å²) in [6.07, 6.45) is 11.6. The van der Waals surface area contributed by atoms with Crippen LogP contribution in [0.25, 0.3) is 0 Å². The van der Waals surface area contributed by atoms with E-state index in [1.807, 2.05) is 38.2 Å². The number of ether oxygens (including phenoxy) is 3. The van der Waals surface area contributed by atoms with Gasteiger partial charge in [-0.25, -0.2) is 8.78 Å². The molecule has 5 heterocycles. The third-order valence-corrected chi connectivity index (χ3v) is 12.1. The van der Waals surface area contributed by atoms with Gasteiger partial charge in [-0.15, -0.1) is 0 Å². The van der Waals surface area contributed by atoms with Gasteiger partial charge < -0.3 is 56.7 Å². The molecule has 0 bridgehead atoms. The third kappa shape index (κ3) is 40.0. The fourth-order valence-corrected chi connectivity index (χ4v) is 8.12. The number of nitrogens with one attached hydrogen (secondary N) is 8. The Hall–Kier alpha value is -1.47. The first-order chi connectivity index (χ1) is 33.2. The van der Waals surface area contributed by atoms with E-state index in [0.29, 0.717) is 73.3 Å². The van der Waals surface area contributed by atoms with Crippen LogP contribution in [0.2, 0.25) is 0 Å². The van der Waals surface area contributed by atoms with E-state index < -0.39 is 5.92 Å². The predicted molar refractivity (Wildman–Crippen MR) is 293 cm³/mol. The zero-order valence-corrected chi connectivity index (χ0v) is 47.4. The minimum atomic E-state index is -2.39. The van der Waals surface area contributed by atoms with Crippen LogP contribution in [-0.2, 0) is 20.8 Å². The van der Waals surface area contributed by atoms with Crippen molar-refractivity contribution in [1.82, 2.24) is 52.4 Å². The molecule has 0 aromatic carbocycles. The summed E-state index contributed by atoms with van der Waals surface area (Å²) in [6.45, 7) is 43.4. The number of hydrogen-bond donors (Lipinski definition) is 8. The van der Waals surface area contributed by atoms with Crippen molar-refractivity contribution in [1.29, 1.82) is 0 Å². The molecule has 2 atom stereocenters. The Kier molecular flexibility index (Phi) is 38.8. The van der Waals surface area contributed by atoms with E-state index in [2.05, 4.69) is 136 Å². The Bertz CT molecular complexity index is 1260. The maximum absolute atomic E-state index is 12.7. The molecular formula is C55H112F2N10O3. The van der Waals surface area contributed by atoms with E-state index in [9.17, 15) is 8.78 Å². The van der Waals surface area contributed by atoms with Crippen LogP contribution in [-0.4, -0.2) is 167 Å². The Morgan fingerprint density at radius 2 is 1.17 bits per heavy atom. The lowest BCUT2D eigenvalue weighted by Crippen LogP contribution is -2.48. The molecule has 1 aromatic heterocycles. The van der Waals surface area contributed by atoms with Crippen molar-refractivity contribution in [3.63, 3.8) is 0 Å². The highest BCUT2D eigenvalue weighted by Gasteiger charge is 2.34. The number of aromatic nitrogens is 1. The first kappa shape index (κ1) is 66.5. The predicted octanol–water partition coefficient (Wildman–Crippen LogP) is 7.89. The number of morpholine rings is 1. The molecule has 7 rings (SSSR count). The van der Waals surface area contributed by atoms with Crippen LogP contribution in [0.3, 0.4) is 0 Å². The van der Waals surface area contributed by atoms with Gasteiger partial charge in [-0.2, -0.15) is 0 Å². The molecule has 2 unspecified atom stereocenters. The van der Waals surface area contributed by atoms with E-state index in [1.54, 1.807) is 0 Å². The molecule has 2 aliphatic carbocycles. The third-order valence-electron chi connectivity index (χ3n) is 12.1. The van der Waals surface area contributed by atoms with E-state index in [1.165, 1.54) is 45.1 Å². The SMILES string of the molecule is CC(C)NC1CCC(F)(F)CC1.CC(C)NC1CCC1.CC(C)NC1CCNC1.CC(C)NC1COC1.CC(C)NCC1CCCO1.CC(C)NCCN1CCOCC1.CC(C)NCc1ccccn1. The van der Waals surface area contributed by atoms with Crippen molar-refractivity contribution in [2.24, 2.45) is 0 Å². The Labute approximate surface area is 429 Å². The van der Waals surface area contributed by atoms with Crippen molar-refractivity contribution in [2.75, 3.05) is 78.8 Å². The summed E-state index contributed by atoms with van der Waals surface area (Å²) in [6, 6.07) is 12.5. The van der Waals surface area contributed by atoms with Gasteiger partial charge in [0, 0.05) is 132 Å². The molecular weight excluding hydrogens is 887 g/mol. The summed E-state index contributed by atoms with van der Waals surface area (Å²) in [5, 5.41) is 27.0. The van der Waals surface area contributed by atoms with Gasteiger partial charge in [-0.3, -0.25) is 9.88 Å². The molecule has 70 heavy (non-hydrogen) atoms. The van der Waals surface area contributed by atoms with Gasteiger partial charge in [0.25, 0.3) is 0 Å². The van der Waals surface area contributed by atoms with Gasteiger partial charge in [0.15, 0.2) is 0 Å². The van der Waals surface area contributed by atoms with Gasteiger partial charge in [-0.05, 0) is 63.6 Å². The number of alkyl halides is 2. The molecule has 6 fully saturated rings. The molecule has 0 radical (unpaired) electrons. The second-order valence-electron chi connectivity index (χ2n) is 22.1. The molecule has 2 saturated carbocycles. The standard InChI is InChI=1S/C9H17F2N.C9H20N2O.C9H14N2.C8H17NO.C7H16N2.C7H15N.C6H13NO/c1-7(2)12-8-3-5-9(10,11)6-4-8;1-9(2)10-3-4-11-5-7-12-8-6-11;1-8(2)11-7-9-5-3-4-6-10-9;1-7(2)9-6-8-4-3-5-10-8;1-6(2)9-7-3-4-8-5-7;1-6(2)8-7-4-3-5-7;1-5(2)7-6-3-8-4-6/h7-8,12H,3-6H2,1-2H3;9-10H,3-8H2,1-2H3;3-6,8,11H,7H2,1-2H3;7-9H,3-6H2,1-2H3;6-9H,3-5H2,1-2H3;6-8H,3-5H2,1-2H3;5-7H,3-4H2,1-2H3. The fourth-order valence-electron chi connectivity index (χ4n) is 8.12. The lowest BCUT2D eigenvalue weighted by molar-refractivity contribution is -0.0409. The molecule has 4 saturated heterocycles. The zero-order chi connectivity index (χ0) is 52.2. The maximum atomic E-state index is 12.7. The van der Waals surface area contributed by atoms with Crippen LogP contribution < -0.4 is 42.5 Å². The van der Waals surface area contributed by atoms with E-state index in [4.69, 9.17) is 14.2 Å². The highest BCUT2D eigenvalue weighted by molar-refractivity contribution is 5.03. The number of hydrogen-bond acceptors (Lipinski definition) is 13.